The van der Waals surface area contributed by atoms with Crippen LogP contribution in [0.5, 0.6) is 5.75 Å². The lowest BCUT2D eigenvalue weighted by Crippen LogP contribution is -2.13. The molecule has 0 spiro atoms. The normalized spacial score (nSPS) is 10.6. The summed E-state index contributed by atoms with van der Waals surface area (Å²) in [5.41, 5.74) is 2.71. The van der Waals surface area contributed by atoms with Crippen molar-refractivity contribution in [3.05, 3.63) is 65.4 Å². The number of carbonyl (C=O) groups is 2. The van der Waals surface area contributed by atoms with Gasteiger partial charge in [-0.15, -0.1) is 5.92 Å². The minimum absolute atomic E-state index is 0.0792. The Kier molecular flexibility index (Phi) is 8.10. The molecule has 0 aliphatic rings. The van der Waals surface area contributed by atoms with E-state index in [0.717, 1.165) is 23.9 Å². The maximum atomic E-state index is 13.2. The molecule has 0 amide bonds. The smallest absolute Gasteiger partial charge is 0.307 e. The lowest BCUT2D eigenvalue weighted by Gasteiger charge is -2.09. The van der Waals surface area contributed by atoms with Crippen LogP contribution >= 0.6 is 0 Å². The molecule has 0 bridgehead atoms. The summed E-state index contributed by atoms with van der Waals surface area (Å²) in [6, 6.07) is 14.4. The number of ether oxygens (including phenoxy) is 1. The molecule has 32 heavy (non-hydrogen) atoms. The Morgan fingerprint density at radius 3 is 2.50 bits per heavy atom. The largest absolute Gasteiger partial charge is 0.493 e. The number of carboxylic acid groups (broad SMARTS) is 1. The number of fused-ring (bicyclic) bond motifs is 1. The summed E-state index contributed by atoms with van der Waals surface area (Å²) in [5, 5.41) is 9.95. The number of hydrogen-bond donors (Lipinski definition) is 1. The summed E-state index contributed by atoms with van der Waals surface area (Å²) in [6.07, 6.45) is 5.12. The van der Waals surface area contributed by atoms with Gasteiger partial charge < -0.3 is 9.84 Å². The van der Waals surface area contributed by atoms with E-state index in [9.17, 15) is 9.59 Å². The molecule has 1 N–H and O–H groups in total. The number of carbonyl (C=O) groups excluding carboxylic acids is 1. The zero-order valence-electron chi connectivity index (χ0n) is 18.7. The molecule has 2 aromatic carbocycles. The van der Waals surface area contributed by atoms with Gasteiger partial charge in [-0.05, 0) is 55.3 Å². The van der Waals surface area contributed by atoms with Gasteiger partial charge in [0.25, 0.3) is 5.91 Å². The number of rotatable bonds is 9. The average molecular weight is 432 g/mol. The predicted octanol–water partition coefficient (Wildman–Crippen LogP) is 5.62. The van der Waals surface area contributed by atoms with Gasteiger partial charge in [0, 0.05) is 29.5 Å². The first-order valence-electron chi connectivity index (χ1n) is 11.1. The van der Waals surface area contributed by atoms with Gasteiger partial charge in [0.1, 0.15) is 5.75 Å². The fourth-order valence-corrected chi connectivity index (χ4v) is 3.69. The van der Waals surface area contributed by atoms with Crippen LogP contribution in [-0.2, 0) is 11.2 Å². The van der Waals surface area contributed by atoms with Crippen LogP contribution in [0.1, 0.15) is 60.6 Å². The second kappa shape index (κ2) is 11.2. The quantitative estimate of drug-likeness (QED) is 0.353. The average Bonchev–Trinajstić information content (AvgIpc) is 3.12. The van der Waals surface area contributed by atoms with E-state index >= 15 is 0 Å². The topological polar surface area (TPSA) is 68.5 Å². The summed E-state index contributed by atoms with van der Waals surface area (Å²) in [7, 11) is 0. The van der Waals surface area contributed by atoms with Gasteiger partial charge in [0.15, 0.2) is 0 Å². The molecule has 5 nitrogen and oxygen atoms in total. The fourth-order valence-electron chi connectivity index (χ4n) is 3.69. The van der Waals surface area contributed by atoms with Crippen molar-refractivity contribution in [2.75, 3.05) is 6.61 Å². The van der Waals surface area contributed by atoms with Crippen LogP contribution in [-0.4, -0.2) is 28.2 Å². The van der Waals surface area contributed by atoms with Crippen LogP contribution in [0.3, 0.4) is 0 Å². The number of benzene rings is 2. The van der Waals surface area contributed by atoms with Crippen molar-refractivity contribution < 1.29 is 19.4 Å². The summed E-state index contributed by atoms with van der Waals surface area (Å²) < 4.78 is 7.36. The highest BCUT2D eigenvalue weighted by Crippen LogP contribution is 2.25. The fraction of sp³-hybridized carbons (Fsp3) is 0.333. The van der Waals surface area contributed by atoms with E-state index in [2.05, 4.69) is 18.8 Å². The van der Waals surface area contributed by atoms with E-state index in [1.807, 2.05) is 19.1 Å². The Morgan fingerprint density at radius 1 is 1.03 bits per heavy atom. The first-order valence-corrected chi connectivity index (χ1v) is 11.1. The molecule has 1 heterocycles. The third kappa shape index (κ3) is 5.79. The first kappa shape index (κ1) is 23.1. The predicted molar refractivity (Wildman–Crippen MR) is 126 cm³/mol. The van der Waals surface area contributed by atoms with Crippen molar-refractivity contribution in [2.45, 2.75) is 52.4 Å². The number of unbranched alkanes of at least 4 members (excludes halogenated alkanes) is 3. The number of hydrogen-bond acceptors (Lipinski definition) is 3. The van der Waals surface area contributed by atoms with E-state index in [4.69, 9.17) is 9.84 Å². The van der Waals surface area contributed by atoms with Crippen molar-refractivity contribution >= 4 is 22.8 Å². The highest BCUT2D eigenvalue weighted by molar-refractivity contribution is 6.04. The standard InChI is InChI=1S/C27H29NO4/c1-3-4-5-6-7-8-9-17-32-23-15-13-21(14-16-23)27(31)28-20(2)18-24-22(19-26(29)30)11-10-12-25(24)28/h10-16,18H,3-6,9,17,19H2,1-2H3,(H,29,30). The molecule has 0 aliphatic carbocycles. The van der Waals surface area contributed by atoms with E-state index in [1.165, 1.54) is 12.8 Å². The van der Waals surface area contributed by atoms with Gasteiger partial charge in [-0.25, -0.2) is 0 Å². The SMILES string of the molecule is CCCCCC#CCCOc1ccc(C(=O)n2c(C)cc3c(CC(=O)O)cccc32)cc1. The number of aromatic nitrogens is 1. The molecule has 0 atom stereocenters. The first-order chi connectivity index (χ1) is 15.5. The molecular formula is C27H29NO4. The highest BCUT2D eigenvalue weighted by atomic mass is 16.5. The van der Waals surface area contributed by atoms with Crippen LogP contribution in [0.4, 0.5) is 0 Å². The van der Waals surface area contributed by atoms with Gasteiger partial charge in [-0.2, -0.15) is 0 Å². The molecule has 0 aliphatic heterocycles. The molecule has 0 saturated heterocycles. The Bertz CT molecular complexity index is 1150. The molecule has 3 aromatic rings. The Hall–Kier alpha value is -3.52. The van der Waals surface area contributed by atoms with Gasteiger partial charge in [-0.3, -0.25) is 14.2 Å². The van der Waals surface area contributed by atoms with Gasteiger partial charge in [0.05, 0.1) is 18.5 Å². The monoisotopic (exact) mass is 431 g/mol. The maximum Gasteiger partial charge on any atom is 0.307 e. The molecule has 0 fully saturated rings. The number of nitrogens with zero attached hydrogens (tertiary/aromatic N) is 1. The van der Waals surface area contributed by atoms with Crippen LogP contribution in [0.15, 0.2) is 48.5 Å². The van der Waals surface area contributed by atoms with Gasteiger partial charge in [-0.1, -0.05) is 37.8 Å². The van der Waals surface area contributed by atoms with E-state index in [1.54, 1.807) is 41.0 Å². The van der Waals surface area contributed by atoms with E-state index in [-0.39, 0.29) is 12.3 Å². The van der Waals surface area contributed by atoms with Gasteiger partial charge in [0.2, 0.25) is 0 Å². The summed E-state index contributed by atoms with van der Waals surface area (Å²) in [5.74, 6) is 5.95. The third-order valence-electron chi connectivity index (χ3n) is 5.29. The minimum atomic E-state index is -0.896. The van der Waals surface area contributed by atoms with Crippen molar-refractivity contribution in [3.8, 4) is 17.6 Å². The van der Waals surface area contributed by atoms with Crippen LogP contribution in [0.25, 0.3) is 10.9 Å². The zero-order chi connectivity index (χ0) is 22.9. The summed E-state index contributed by atoms with van der Waals surface area (Å²) in [6.45, 7) is 4.55. The maximum absolute atomic E-state index is 13.2. The van der Waals surface area contributed by atoms with Crippen molar-refractivity contribution in [1.82, 2.24) is 4.57 Å². The second-order valence-electron chi connectivity index (χ2n) is 7.78. The molecular weight excluding hydrogens is 402 g/mol. The van der Waals surface area contributed by atoms with Gasteiger partial charge >= 0.3 is 5.97 Å². The van der Waals surface area contributed by atoms with Crippen molar-refractivity contribution in [3.63, 3.8) is 0 Å². The van der Waals surface area contributed by atoms with E-state index < -0.39 is 5.97 Å². The molecule has 5 heteroatoms. The summed E-state index contributed by atoms with van der Waals surface area (Å²) >= 11 is 0. The van der Waals surface area contributed by atoms with E-state index in [0.29, 0.717) is 35.4 Å². The Morgan fingerprint density at radius 2 is 1.78 bits per heavy atom. The highest BCUT2D eigenvalue weighted by Gasteiger charge is 2.17. The molecule has 0 saturated carbocycles. The van der Waals surface area contributed by atoms with Crippen LogP contribution in [0, 0.1) is 18.8 Å². The lowest BCUT2D eigenvalue weighted by molar-refractivity contribution is -0.136. The van der Waals surface area contributed by atoms with Crippen molar-refractivity contribution in [1.29, 1.82) is 0 Å². The Labute approximate surface area is 189 Å². The zero-order valence-corrected chi connectivity index (χ0v) is 18.7. The minimum Gasteiger partial charge on any atom is -0.493 e. The molecule has 166 valence electrons. The number of carboxylic acids is 1. The molecule has 0 unspecified atom stereocenters. The Balaban J connectivity index is 1.66. The van der Waals surface area contributed by atoms with Crippen molar-refractivity contribution in [2.24, 2.45) is 0 Å². The summed E-state index contributed by atoms with van der Waals surface area (Å²) in [4.78, 5) is 24.3. The second-order valence-corrected chi connectivity index (χ2v) is 7.78. The molecule has 0 radical (unpaired) electrons. The number of aryl methyl sites for hydroxylation is 1. The molecule has 1 aromatic heterocycles. The van der Waals surface area contributed by atoms with Crippen LogP contribution in [0.2, 0.25) is 0 Å². The molecule has 3 rings (SSSR count). The third-order valence-corrected chi connectivity index (χ3v) is 5.29. The van der Waals surface area contributed by atoms with Crippen LogP contribution < -0.4 is 4.74 Å². The number of aliphatic carboxylic acids is 1. The lowest BCUT2D eigenvalue weighted by atomic mass is 10.1.